The fraction of sp³-hybridized carbons (Fsp3) is 0.622. The number of aliphatic hydroxyl groups is 1. The second-order valence-corrected chi connectivity index (χ2v) is 16.8. The van der Waals surface area contributed by atoms with E-state index in [4.69, 9.17) is 21.1 Å². The Hall–Kier alpha value is -2.86. The minimum Gasteiger partial charge on any atom is -0.487 e. The zero-order valence-electron chi connectivity index (χ0n) is 29.3. The first-order valence-corrected chi connectivity index (χ1v) is 19.5. The van der Waals surface area contributed by atoms with Crippen molar-refractivity contribution in [1.82, 2.24) is 9.62 Å². The van der Waals surface area contributed by atoms with E-state index in [1.54, 1.807) is 44.2 Å². The van der Waals surface area contributed by atoms with E-state index in [0.29, 0.717) is 68.6 Å². The number of carbonyl (C=O) groups is 2. The molecule has 270 valence electrons. The summed E-state index contributed by atoms with van der Waals surface area (Å²) in [6, 6.07) is 10.9. The van der Waals surface area contributed by atoms with Gasteiger partial charge in [0, 0.05) is 44.4 Å². The second kappa shape index (κ2) is 16.0. The molecule has 12 heteroatoms. The number of aryl methyl sites for hydroxylation is 1. The number of sulfonamides is 1. The molecule has 0 radical (unpaired) electrons. The van der Waals surface area contributed by atoms with Gasteiger partial charge in [0.2, 0.25) is 15.9 Å². The van der Waals surface area contributed by atoms with Gasteiger partial charge in [0.25, 0.3) is 5.91 Å². The third kappa shape index (κ3) is 8.90. The van der Waals surface area contributed by atoms with E-state index in [1.807, 2.05) is 25.1 Å². The van der Waals surface area contributed by atoms with Gasteiger partial charge in [-0.3, -0.25) is 9.59 Å². The van der Waals surface area contributed by atoms with Crippen LogP contribution in [0.5, 0.6) is 5.75 Å². The number of nitrogens with zero attached hydrogens (tertiary/aromatic N) is 2. The highest BCUT2D eigenvalue weighted by molar-refractivity contribution is 7.90. The van der Waals surface area contributed by atoms with Crippen LogP contribution in [-0.2, 0) is 32.6 Å². The van der Waals surface area contributed by atoms with Crippen molar-refractivity contribution in [1.29, 1.82) is 0 Å². The molecule has 0 saturated heterocycles. The smallest absolute Gasteiger partial charge is 0.264 e. The number of methoxy groups -OCH3 is 1. The molecule has 10 nitrogen and oxygen atoms in total. The number of anilines is 1. The van der Waals surface area contributed by atoms with Crippen molar-refractivity contribution >= 4 is 39.1 Å². The highest BCUT2D eigenvalue weighted by atomic mass is 35.5. The van der Waals surface area contributed by atoms with Gasteiger partial charge in [0.15, 0.2) is 0 Å². The molecule has 49 heavy (non-hydrogen) atoms. The highest BCUT2D eigenvalue weighted by Crippen LogP contribution is 2.47. The van der Waals surface area contributed by atoms with Gasteiger partial charge in [-0.25, -0.2) is 13.1 Å². The van der Waals surface area contributed by atoms with Crippen molar-refractivity contribution < 1.29 is 32.6 Å². The van der Waals surface area contributed by atoms with Crippen LogP contribution in [0.1, 0.15) is 86.7 Å². The zero-order valence-corrected chi connectivity index (χ0v) is 30.8. The molecule has 0 unspecified atom stereocenters. The summed E-state index contributed by atoms with van der Waals surface area (Å²) in [7, 11) is -0.675. The van der Waals surface area contributed by atoms with Crippen LogP contribution in [0.25, 0.3) is 0 Å². The first kappa shape index (κ1) is 37.4. The van der Waals surface area contributed by atoms with E-state index >= 15 is 0 Å². The molecule has 2 amide bonds. The SMILES string of the molecule is COCCN(C)C(=O)C[C@@]1(O)CCC[C@H](C)[C@@H](C)S(=O)(=O)NC(=O)c2ccc3c(c2)N(CCCCc2cc(Cl)ccc2CO3)C[C@@H]2CC[C@H]21. The largest absolute Gasteiger partial charge is 0.487 e. The van der Waals surface area contributed by atoms with Crippen LogP contribution in [0.15, 0.2) is 36.4 Å². The normalized spacial score (nSPS) is 27.6. The van der Waals surface area contributed by atoms with E-state index in [-0.39, 0.29) is 35.6 Å². The molecule has 2 aromatic carbocycles. The minimum atomic E-state index is -4.00. The Kier molecular flexibility index (Phi) is 12.2. The molecule has 0 aromatic heterocycles. The third-order valence-corrected chi connectivity index (χ3v) is 13.3. The van der Waals surface area contributed by atoms with Crippen LogP contribution in [0, 0.1) is 17.8 Å². The van der Waals surface area contributed by atoms with Gasteiger partial charge in [-0.2, -0.15) is 0 Å². The van der Waals surface area contributed by atoms with Crippen LogP contribution >= 0.6 is 11.6 Å². The van der Waals surface area contributed by atoms with Crippen LogP contribution in [0.3, 0.4) is 0 Å². The summed E-state index contributed by atoms with van der Waals surface area (Å²) in [5, 5.41) is 12.2. The topological polar surface area (TPSA) is 125 Å². The number of likely N-dealkylation sites (N-methyl/N-ethyl adjacent to an activating group) is 1. The lowest BCUT2D eigenvalue weighted by molar-refractivity contribution is -0.145. The average Bonchev–Trinajstić information content (AvgIpc) is 3.07. The molecule has 5 rings (SSSR count). The molecule has 2 heterocycles. The predicted octanol–water partition coefficient (Wildman–Crippen LogP) is 5.58. The molecule has 2 bridgehead atoms. The molecule has 2 N–H and O–H groups in total. The number of halogens is 1. The van der Waals surface area contributed by atoms with Crippen LogP contribution in [0.2, 0.25) is 5.02 Å². The van der Waals surface area contributed by atoms with Gasteiger partial charge in [-0.1, -0.05) is 31.0 Å². The summed E-state index contributed by atoms with van der Waals surface area (Å²) in [4.78, 5) is 30.8. The van der Waals surface area contributed by atoms with Crippen molar-refractivity contribution in [3.8, 4) is 5.75 Å². The number of rotatable bonds is 5. The van der Waals surface area contributed by atoms with Crippen molar-refractivity contribution in [3.05, 3.63) is 58.1 Å². The molecular weight excluding hydrogens is 666 g/mol. The first-order chi connectivity index (χ1) is 23.3. The van der Waals surface area contributed by atoms with Crippen LogP contribution < -0.4 is 14.4 Å². The Balaban J connectivity index is 1.53. The van der Waals surface area contributed by atoms with E-state index in [9.17, 15) is 23.1 Å². The Morgan fingerprint density at radius 2 is 1.92 bits per heavy atom. The minimum absolute atomic E-state index is 0.00264. The monoisotopic (exact) mass is 717 g/mol. The Labute approximate surface area is 296 Å². The first-order valence-electron chi connectivity index (χ1n) is 17.6. The molecule has 3 aliphatic rings. The van der Waals surface area contributed by atoms with E-state index in [0.717, 1.165) is 43.2 Å². The number of nitrogens with one attached hydrogen (secondary N) is 1. The van der Waals surface area contributed by atoms with E-state index in [1.165, 1.54) is 0 Å². The van der Waals surface area contributed by atoms with Gasteiger partial charge in [-0.05, 0) is 111 Å². The lowest BCUT2D eigenvalue weighted by Gasteiger charge is -2.49. The third-order valence-electron chi connectivity index (χ3n) is 11.1. The van der Waals surface area contributed by atoms with Gasteiger partial charge < -0.3 is 24.4 Å². The standard InChI is InChI=1S/C37H52ClN3O7S/c1-25-8-7-16-37(44,22-35(42)40(3)18-19-47-4)32-14-11-29(32)23-41-17-6-5-9-27-20-31(38)13-10-30(27)24-48-34-15-12-28(21-33(34)41)36(43)39-49(45,46)26(25)2/h10,12-13,15,20-21,25-26,29,32,44H,5-9,11,14,16-19,22-24H2,1-4H3,(H,39,43)/t25-,26+,29-,32+,37-/m0/s1. The molecular formula is C37H52ClN3O7S. The molecule has 2 aromatic rings. The maximum absolute atomic E-state index is 13.5. The number of fused-ring (bicyclic) bond motifs is 3. The average molecular weight is 718 g/mol. The molecule has 1 aliphatic carbocycles. The van der Waals surface area contributed by atoms with Gasteiger partial charge in [0.05, 0.1) is 29.6 Å². The van der Waals surface area contributed by atoms with Crippen molar-refractivity contribution in [2.24, 2.45) is 17.8 Å². The fourth-order valence-corrected chi connectivity index (χ4v) is 9.07. The van der Waals surface area contributed by atoms with Crippen molar-refractivity contribution in [3.63, 3.8) is 0 Å². The lowest BCUT2D eigenvalue weighted by atomic mass is 9.62. The summed E-state index contributed by atoms with van der Waals surface area (Å²) >= 11 is 6.35. The Morgan fingerprint density at radius 1 is 1.12 bits per heavy atom. The Bertz CT molecular complexity index is 1600. The van der Waals surface area contributed by atoms with Gasteiger partial charge in [-0.15, -0.1) is 0 Å². The summed E-state index contributed by atoms with van der Waals surface area (Å²) in [5.74, 6) is -0.504. The number of benzene rings is 2. The molecule has 5 atom stereocenters. The highest BCUT2D eigenvalue weighted by Gasteiger charge is 2.48. The number of ether oxygens (including phenoxy) is 2. The van der Waals surface area contributed by atoms with Crippen molar-refractivity contribution in [2.45, 2.75) is 89.1 Å². The molecule has 1 fully saturated rings. The molecule has 1 saturated carbocycles. The maximum Gasteiger partial charge on any atom is 0.264 e. The number of hydrogen-bond acceptors (Lipinski definition) is 8. The quantitative estimate of drug-likeness (QED) is 0.411. The summed E-state index contributed by atoms with van der Waals surface area (Å²) in [6.07, 6.45) is 5.77. The van der Waals surface area contributed by atoms with Gasteiger partial charge >= 0.3 is 0 Å². The fourth-order valence-electron chi connectivity index (χ4n) is 7.56. The maximum atomic E-state index is 13.5. The molecule has 2 aliphatic heterocycles. The van der Waals surface area contributed by atoms with Crippen LogP contribution in [0.4, 0.5) is 5.69 Å². The summed E-state index contributed by atoms with van der Waals surface area (Å²) in [6.45, 7) is 5.89. The number of carbonyl (C=O) groups excluding carboxylic acids is 2. The van der Waals surface area contributed by atoms with Crippen LogP contribution in [-0.4, -0.2) is 81.5 Å². The predicted molar refractivity (Wildman–Crippen MR) is 192 cm³/mol. The Morgan fingerprint density at radius 3 is 2.65 bits per heavy atom. The molecule has 0 spiro atoms. The zero-order chi connectivity index (χ0) is 35.3. The lowest BCUT2D eigenvalue weighted by Crippen LogP contribution is -2.53. The second-order valence-electron chi connectivity index (χ2n) is 14.4. The number of amides is 2. The summed E-state index contributed by atoms with van der Waals surface area (Å²) < 4.78 is 40.8. The van der Waals surface area contributed by atoms with E-state index in [2.05, 4.69) is 9.62 Å². The number of hydrogen-bond donors (Lipinski definition) is 2. The summed E-state index contributed by atoms with van der Waals surface area (Å²) in [5.41, 5.74) is 1.88. The van der Waals surface area contributed by atoms with Gasteiger partial charge in [0.1, 0.15) is 12.4 Å². The van der Waals surface area contributed by atoms with E-state index < -0.39 is 26.8 Å². The van der Waals surface area contributed by atoms with Crippen molar-refractivity contribution in [2.75, 3.05) is 45.3 Å².